The van der Waals surface area contributed by atoms with Crippen LogP contribution in [0.5, 0.6) is 0 Å². The Bertz CT molecular complexity index is 1230. The fraction of sp³-hybridized carbons (Fsp3) is 0. The van der Waals surface area contributed by atoms with Crippen LogP contribution < -0.4 is 14.9 Å². The minimum atomic E-state index is -3.76. The van der Waals surface area contributed by atoms with Gasteiger partial charge < -0.3 is 10.0 Å². The number of rotatable bonds is 1. The van der Waals surface area contributed by atoms with Crippen LogP contribution in [0.25, 0.3) is 0 Å². The second-order valence-electron chi connectivity index (χ2n) is 5.64. The highest BCUT2D eigenvalue weighted by molar-refractivity contribution is 9.10. The molecule has 0 atom stereocenters. The van der Waals surface area contributed by atoms with Crippen LogP contribution in [-0.2, 0) is 20.0 Å². The predicted molar refractivity (Wildman–Crippen MR) is 99.7 cm³/mol. The summed E-state index contributed by atoms with van der Waals surface area (Å²) in [5.41, 5.74) is 0.191. The summed E-state index contributed by atoms with van der Waals surface area (Å²) in [6.45, 7) is 0. The molecule has 0 radical (unpaired) electrons. The van der Waals surface area contributed by atoms with Crippen LogP contribution >= 0.6 is 15.9 Å². The summed E-state index contributed by atoms with van der Waals surface area (Å²) in [5.74, 6) is -1.33. The first-order chi connectivity index (χ1) is 12.9. The Morgan fingerprint density at radius 2 is 1.25 bits per heavy atom. The molecular formula is C14H10BBrN2O8S2. The van der Waals surface area contributed by atoms with Gasteiger partial charge in [-0.2, -0.15) is 0 Å². The minimum Gasteiger partial charge on any atom is -0.423 e. The van der Waals surface area contributed by atoms with Gasteiger partial charge in [0.15, 0.2) is 0 Å². The van der Waals surface area contributed by atoms with Gasteiger partial charge in [0.2, 0.25) is 0 Å². The molecule has 2 aliphatic rings. The maximum atomic E-state index is 11.3. The highest BCUT2D eigenvalue weighted by atomic mass is 79.9. The lowest BCUT2D eigenvalue weighted by Crippen LogP contribution is -2.30. The number of sulfonamides is 2. The van der Waals surface area contributed by atoms with Gasteiger partial charge in [-0.25, -0.2) is 26.3 Å². The van der Waals surface area contributed by atoms with E-state index in [1.807, 2.05) is 4.72 Å². The lowest BCUT2D eigenvalue weighted by molar-refractivity contribution is 0.0976. The monoisotopic (exact) mass is 488 g/mol. The molecule has 10 nitrogen and oxygen atoms in total. The molecule has 0 saturated carbocycles. The second kappa shape index (κ2) is 6.97. The lowest BCUT2D eigenvalue weighted by atomic mass is 9.79. The highest BCUT2D eigenvalue weighted by Gasteiger charge is 2.33. The average molecular weight is 489 g/mol. The molecule has 0 bridgehead atoms. The van der Waals surface area contributed by atoms with Crippen molar-refractivity contribution in [3.63, 3.8) is 0 Å². The Hall–Kier alpha value is -2.26. The number of nitrogens with one attached hydrogen (secondary N) is 2. The molecule has 146 valence electrons. The fourth-order valence-electron chi connectivity index (χ4n) is 2.50. The van der Waals surface area contributed by atoms with Gasteiger partial charge >= 0.3 is 7.12 Å². The molecule has 2 aromatic rings. The van der Waals surface area contributed by atoms with E-state index in [1.165, 1.54) is 18.2 Å². The average Bonchev–Trinajstić information content (AvgIpc) is 2.96. The van der Waals surface area contributed by atoms with Crippen LogP contribution in [0.4, 0.5) is 0 Å². The van der Waals surface area contributed by atoms with Crippen molar-refractivity contribution in [1.82, 2.24) is 9.44 Å². The summed E-state index contributed by atoms with van der Waals surface area (Å²) < 4.78 is 49.4. The molecule has 0 aromatic heterocycles. The van der Waals surface area contributed by atoms with Crippen molar-refractivity contribution >= 4 is 60.4 Å². The zero-order valence-corrected chi connectivity index (χ0v) is 16.8. The molecule has 0 fully saturated rings. The summed E-state index contributed by atoms with van der Waals surface area (Å²) in [7, 11) is -9.08. The molecule has 4 rings (SSSR count). The zero-order chi connectivity index (χ0) is 20.9. The van der Waals surface area contributed by atoms with E-state index in [0.717, 1.165) is 12.1 Å². The number of halogens is 1. The molecule has 0 spiro atoms. The van der Waals surface area contributed by atoms with Crippen LogP contribution in [0.1, 0.15) is 20.7 Å². The van der Waals surface area contributed by atoms with Crippen molar-refractivity contribution in [3.8, 4) is 0 Å². The maximum absolute atomic E-state index is 11.3. The molecule has 2 aliphatic heterocycles. The van der Waals surface area contributed by atoms with Crippen molar-refractivity contribution in [1.29, 1.82) is 0 Å². The Balaban J connectivity index is 0.000000162. The Labute approximate surface area is 168 Å². The molecule has 2 aromatic carbocycles. The van der Waals surface area contributed by atoms with Gasteiger partial charge in [0, 0.05) is 4.47 Å². The van der Waals surface area contributed by atoms with E-state index < -0.39 is 39.0 Å². The Morgan fingerprint density at radius 3 is 1.75 bits per heavy atom. The minimum absolute atomic E-state index is 0.0423. The molecule has 0 unspecified atom stereocenters. The second-order valence-corrected chi connectivity index (χ2v) is 9.86. The number of fused-ring (bicyclic) bond motifs is 2. The van der Waals surface area contributed by atoms with Crippen molar-refractivity contribution in [2.24, 2.45) is 0 Å². The van der Waals surface area contributed by atoms with Gasteiger partial charge in [-0.1, -0.05) is 22.0 Å². The number of carbonyl (C=O) groups excluding carboxylic acids is 2. The van der Waals surface area contributed by atoms with Crippen molar-refractivity contribution in [2.75, 3.05) is 0 Å². The van der Waals surface area contributed by atoms with Crippen molar-refractivity contribution in [2.45, 2.75) is 9.79 Å². The summed E-state index contributed by atoms with van der Waals surface area (Å²) in [4.78, 5) is 22.2. The topological polar surface area (TPSA) is 167 Å². The highest BCUT2D eigenvalue weighted by Crippen LogP contribution is 2.25. The SMILES string of the molecule is O=C1NS(=O)(=O)c2ccc(B(O)O)cc21.O=C1NS(=O)(=O)c2ccc(Br)cc21. The third-order valence-electron chi connectivity index (χ3n) is 3.77. The molecule has 4 N–H and O–H groups in total. The van der Waals surface area contributed by atoms with E-state index in [4.69, 9.17) is 10.0 Å². The van der Waals surface area contributed by atoms with Gasteiger partial charge in [0.25, 0.3) is 31.9 Å². The van der Waals surface area contributed by atoms with E-state index in [-0.39, 0.29) is 26.4 Å². The maximum Gasteiger partial charge on any atom is 0.488 e. The summed E-state index contributed by atoms with van der Waals surface area (Å²) in [6, 6.07) is 8.00. The van der Waals surface area contributed by atoms with Crippen LogP contribution in [-0.4, -0.2) is 45.8 Å². The molecule has 0 saturated heterocycles. The smallest absolute Gasteiger partial charge is 0.423 e. The number of carbonyl (C=O) groups is 2. The summed E-state index contributed by atoms with van der Waals surface area (Å²) >= 11 is 3.16. The van der Waals surface area contributed by atoms with Crippen molar-refractivity contribution < 1.29 is 36.5 Å². The Morgan fingerprint density at radius 1 is 0.786 bits per heavy atom. The first-order valence-corrected chi connectivity index (χ1v) is 11.1. The van der Waals surface area contributed by atoms with E-state index in [1.54, 1.807) is 10.8 Å². The zero-order valence-electron chi connectivity index (χ0n) is 13.6. The van der Waals surface area contributed by atoms with Gasteiger partial charge in [0.1, 0.15) is 9.79 Å². The number of hydrogen-bond acceptors (Lipinski definition) is 8. The molecule has 28 heavy (non-hydrogen) atoms. The number of hydrogen-bond donors (Lipinski definition) is 4. The van der Waals surface area contributed by atoms with Gasteiger partial charge in [-0.15, -0.1) is 0 Å². The van der Waals surface area contributed by atoms with E-state index >= 15 is 0 Å². The van der Waals surface area contributed by atoms with Crippen LogP contribution in [0.15, 0.2) is 50.7 Å². The van der Waals surface area contributed by atoms with Gasteiger partial charge in [-0.05, 0) is 35.8 Å². The molecular weight excluding hydrogens is 479 g/mol. The normalized spacial score (nSPS) is 17.5. The van der Waals surface area contributed by atoms with Crippen molar-refractivity contribution in [3.05, 3.63) is 52.0 Å². The lowest BCUT2D eigenvalue weighted by Gasteiger charge is -2.00. The summed E-state index contributed by atoms with van der Waals surface area (Å²) in [6.07, 6.45) is 0. The van der Waals surface area contributed by atoms with Crippen LogP contribution in [0, 0.1) is 0 Å². The predicted octanol–water partition coefficient (Wildman–Crippen LogP) is -1.32. The van der Waals surface area contributed by atoms with Gasteiger partial charge in [0.05, 0.1) is 11.1 Å². The van der Waals surface area contributed by atoms with E-state index in [9.17, 15) is 26.4 Å². The molecule has 2 amide bonds. The van der Waals surface area contributed by atoms with Gasteiger partial charge in [-0.3, -0.25) is 9.59 Å². The van der Waals surface area contributed by atoms with Crippen LogP contribution in [0.3, 0.4) is 0 Å². The first-order valence-electron chi connectivity index (χ1n) is 7.36. The molecule has 14 heteroatoms. The quantitative estimate of drug-likeness (QED) is 0.358. The Kier molecular flexibility index (Phi) is 5.10. The third kappa shape index (κ3) is 3.68. The first kappa shape index (κ1) is 20.5. The number of amides is 2. The van der Waals surface area contributed by atoms with Crippen LogP contribution in [0.2, 0.25) is 0 Å². The molecule has 0 aliphatic carbocycles. The molecule has 2 heterocycles. The van der Waals surface area contributed by atoms with E-state index in [0.29, 0.717) is 4.47 Å². The standard InChI is InChI=1S/C7H6BNO5S.C7H4BrNO3S/c10-7-5-3-4(8(11)12)1-2-6(5)15(13,14)9-7;8-4-1-2-6-5(3-4)7(10)9-13(6,11)12/h1-3,11-12H,(H,9,10);1-3H,(H,9,10). The third-order valence-corrected chi connectivity index (χ3v) is 7.04. The van der Waals surface area contributed by atoms with E-state index in [2.05, 4.69) is 15.9 Å². The summed E-state index contributed by atoms with van der Waals surface area (Å²) in [5, 5.41) is 17.7. The largest absolute Gasteiger partial charge is 0.488 e. The number of benzene rings is 2. The fourth-order valence-corrected chi connectivity index (χ4v) is 5.16.